The quantitative estimate of drug-likeness (QED) is 0.652. The zero-order valence-electron chi connectivity index (χ0n) is 11.6. The van der Waals surface area contributed by atoms with E-state index in [9.17, 15) is 4.79 Å². The first-order chi connectivity index (χ1) is 10.7. The fraction of sp³-hybridized carbons (Fsp3) is 0. The maximum absolute atomic E-state index is 12.4. The Kier molecular flexibility index (Phi) is 4.17. The third-order valence-electron chi connectivity index (χ3n) is 3.09. The van der Waals surface area contributed by atoms with Crippen molar-refractivity contribution in [2.45, 2.75) is 0 Å². The number of para-hydroxylation sites is 1. The molecule has 1 heterocycles. The molecule has 0 spiro atoms. The first kappa shape index (κ1) is 14.3. The van der Waals surface area contributed by atoms with E-state index in [1.54, 1.807) is 36.5 Å². The number of halogens is 1. The van der Waals surface area contributed by atoms with Gasteiger partial charge in [0.05, 0.1) is 5.02 Å². The van der Waals surface area contributed by atoms with E-state index >= 15 is 0 Å². The Morgan fingerprint density at radius 3 is 2.45 bits per heavy atom. The summed E-state index contributed by atoms with van der Waals surface area (Å²) in [5.74, 6) is 1.13. The number of ether oxygens (including phenoxy) is 1. The van der Waals surface area contributed by atoms with E-state index in [-0.39, 0.29) is 5.78 Å². The molecule has 0 bridgehead atoms. The molecule has 0 atom stereocenters. The summed E-state index contributed by atoms with van der Waals surface area (Å²) in [6, 6.07) is 17.8. The highest BCUT2D eigenvalue weighted by Gasteiger charge is 2.13. The van der Waals surface area contributed by atoms with Crippen molar-refractivity contribution in [3.8, 4) is 11.5 Å². The van der Waals surface area contributed by atoms with E-state index in [2.05, 4.69) is 4.98 Å². The minimum atomic E-state index is -0.163. The Hall–Kier alpha value is -2.65. The first-order valence-corrected chi connectivity index (χ1v) is 7.09. The zero-order valence-corrected chi connectivity index (χ0v) is 12.3. The minimum Gasteiger partial charge on any atom is -0.457 e. The molecule has 0 aliphatic heterocycles. The largest absolute Gasteiger partial charge is 0.457 e. The van der Waals surface area contributed by atoms with Crippen LogP contribution in [0.3, 0.4) is 0 Å². The van der Waals surface area contributed by atoms with Crippen LogP contribution in [0.4, 0.5) is 0 Å². The molecule has 108 valence electrons. The molecule has 4 heteroatoms. The average molecular weight is 310 g/mol. The van der Waals surface area contributed by atoms with Crippen LogP contribution in [0.5, 0.6) is 11.5 Å². The van der Waals surface area contributed by atoms with Crippen molar-refractivity contribution < 1.29 is 9.53 Å². The van der Waals surface area contributed by atoms with Crippen molar-refractivity contribution in [3.63, 3.8) is 0 Å². The van der Waals surface area contributed by atoms with Crippen molar-refractivity contribution in [2.24, 2.45) is 0 Å². The number of hydrogen-bond donors (Lipinski definition) is 0. The molecule has 0 N–H and O–H groups in total. The summed E-state index contributed by atoms with van der Waals surface area (Å²) in [5, 5.41) is 0.349. The second kappa shape index (κ2) is 6.41. The summed E-state index contributed by atoms with van der Waals surface area (Å²) < 4.78 is 5.69. The maximum atomic E-state index is 12.4. The number of benzene rings is 2. The Labute approximate surface area is 133 Å². The molecule has 0 fully saturated rings. The number of pyridine rings is 1. The van der Waals surface area contributed by atoms with Crippen LogP contribution in [0, 0.1) is 0 Å². The topological polar surface area (TPSA) is 39.2 Å². The van der Waals surface area contributed by atoms with Crippen LogP contribution >= 0.6 is 11.6 Å². The smallest absolute Gasteiger partial charge is 0.196 e. The summed E-state index contributed by atoms with van der Waals surface area (Å²) in [5.41, 5.74) is 0.927. The number of carbonyl (C=O) groups excluding carboxylic acids is 1. The van der Waals surface area contributed by atoms with E-state index < -0.39 is 0 Å². The number of hydrogen-bond acceptors (Lipinski definition) is 3. The van der Waals surface area contributed by atoms with Gasteiger partial charge < -0.3 is 4.74 Å². The van der Waals surface area contributed by atoms with Crippen LogP contribution < -0.4 is 4.74 Å². The van der Waals surface area contributed by atoms with Crippen LogP contribution in [0.1, 0.15) is 15.9 Å². The number of nitrogens with zero attached hydrogens (tertiary/aromatic N) is 1. The van der Waals surface area contributed by atoms with Crippen LogP contribution in [-0.4, -0.2) is 10.8 Å². The highest BCUT2D eigenvalue weighted by Crippen LogP contribution is 2.28. The van der Waals surface area contributed by atoms with Crippen molar-refractivity contribution in [1.29, 1.82) is 0 Å². The number of aromatic nitrogens is 1. The molecular weight excluding hydrogens is 298 g/mol. The highest BCUT2D eigenvalue weighted by molar-refractivity contribution is 6.35. The van der Waals surface area contributed by atoms with Gasteiger partial charge in [-0.15, -0.1) is 0 Å². The van der Waals surface area contributed by atoms with Crippen LogP contribution in [-0.2, 0) is 0 Å². The lowest BCUT2D eigenvalue weighted by Gasteiger charge is -2.08. The molecule has 0 amide bonds. The van der Waals surface area contributed by atoms with E-state index in [0.717, 1.165) is 0 Å². The third-order valence-corrected chi connectivity index (χ3v) is 3.40. The van der Waals surface area contributed by atoms with Crippen LogP contribution in [0.2, 0.25) is 5.02 Å². The molecule has 22 heavy (non-hydrogen) atoms. The average Bonchev–Trinajstić information content (AvgIpc) is 2.56. The van der Waals surface area contributed by atoms with Gasteiger partial charge in [0.15, 0.2) is 5.78 Å². The number of carbonyl (C=O) groups is 1. The summed E-state index contributed by atoms with van der Waals surface area (Å²) in [4.78, 5) is 16.3. The molecule has 2 aromatic carbocycles. The van der Waals surface area contributed by atoms with E-state index in [0.29, 0.717) is 27.6 Å². The second-order valence-corrected chi connectivity index (χ2v) is 5.03. The first-order valence-electron chi connectivity index (χ1n) is 6.71. The van der Waals surface area contributed by atoms with Crippen LogP contribution in [0.25, 0.3) is 0 Å². The maximum Gasteiger partial charge on any atom is 0.196 e. The van der Waals surface area contributed by atoms with Gasteiger partial charge in [0, 0.05) is 29.6 Å². The predicted molar refractivity (Wildman–Crippen MR) is 85.6 cm³/mol. The van der Waals surface area contributed by atoms with Crippen molar-refractivity contribution in [3.05, 3.63) is 89.2 Å². The highest BCUT2D eigenvalue weighted by atomic mass is 35.5. The standard InChI is InChI=1S/C18H12ClNO2/c19-17-11-15(22-14-6-2-1-3-7-14)8-9-16(17)18(21)13-5-4-10-20-12-13/h1-12H. The SMILES string of the molecule is O=C(c1cccnc1)c1ccc(Oc2ccccc2)cc1Cl. The Bertz CT molecular complexity index is 789. The summed E-state index contributed by atoms with van der Waals surface area (Å²) in [7, 11) is 0. The third kappa shape index (κ3) is 3.15. The number of rotatable bonds is 4. The molecule has 0 unspecified atom stereocenters. The Balaban J connectivity index is 1.85. The van der Waals surface area contributed by atoms with Crippen molar-refractivity contribution in [1.82, 2.24) is 4.98 Å². The predicted octanol–water partition coefficient (Wildman–Crippen LogP) is 4.76. The molecule has 1 aromatic heterocycles. The van der Waals surface area contributed by atoms with Gasteiger partial charge in [-0.1, -0.05) is 29.8 Å². The lowest BCUT2D eigenvalue weighted by atomic mass is 10.0. The minimum absolute atomic E-state index is 0.163. The van der Waals surface area contributed by atoms with Crippen molar-refractivity contribution >= 4 is 17.4 Å². The second-order valence-electron chi connectivity index (χ2n) is 4.63. The summed E-state index contributed by atoms with van der Waals surface area (Å²) in [6.07, 6.45) is 3.14. The Morgan fingerprint density at radius 1 is 0.955 bits per heavy atom. The van der Waals surface area contributed by atoms with E-state index in [4.69, 9.17) is 16.3 Å². The Morgan fingerprint density at radius 2 is 1.77 bits per heavy atom. The van der Waals surface area contributed by atoms with Gasteiger partial charge in [-0.25, -0.2) is 0 Å². The van der Waals surface area contributed by atoms with Gasteiger partial charge in [-0.05, 0) is 36.4 Å². The van der Waals surface area contributed by atoms with Gasteiger partial charge in [-0.3, -0.25) is 9.78 Å². The molecule has 0 radical (unpaired) electrons. The van der Waals surface area contributed by atoms with Crippen LogP contribution in [0.15, 0.2) is 73.1 Å². The van der Waals surface area contributed by atoms with E-state index in [1.165, 1.54) is 6.20 Å². The molecule has 3 aromatic rings. The molecule has 3 nitrogen and oxygen atoms in total. The normalized spacial score (nSPS) is 10.2. The lowest BCUT2D eigenvalue weighted by Crippen LogP contribution is -2.02. The molecular formula is C18H12ClNO2. The molecule has 0 aliphatic rings. The van der Waals surface area contributed by atoms with Gasteiger partial charge in [-0.2, -0.15) is 0 Å². The fourth-order valence-electron chi connectivity index (χ4n) is 2.02. The zero-order chi connectivity index (χ0) is 15.4. The van der Waals surface area contributed by atoms with Gasteiger partial charge in [0.1, 0.15) is 11.5 Å². The number of ketones is 1. The van der Waals surface area contributed by atoms with Gasteiger partial charge >= 0.3 is 0 Å². The summed E-state index contributed by atoms with van der Waals surface area (Å²) in [6.45, 7) is 0. The fourth-order valence-corrected chi connectivity index (χ4v) is 2.28. The van der Waals surface area contributed by atoms with E-state index in [1.807, 2.05) is 30.3 Å². The summed E-state index contributed by atoms with van der Waals surface area (Å²) >= 11 is 6.22. The van der Waals surface area contributed by atoms with Gasteiger partial charge in [0.2, 0.25) is 0 Å². The molecule has 3 rings (SSSR count). The molecule has 0 aliphatic carbocycles. The van der Waals surface area contributed by atoms with Crippen molar-refractivity contribution in [2.75, 3.05) is 0 Å². The lowest BCUT2D eigenvalue weighted by molar-refractivity contribution is 0.103. The monoisotopic (exact) mass is 309 g/mol. The molecule has 0 saturated carbocycles. The van der Waals surface area contributed by atoms with Gasteiger partial charge in [0.25, 0.3) is 0 Å². The molecule has 0 saturated heterocycles.